The molecule has 2 aromatic rings. The molecule has 3 rings (SSSR count). The van der Waals surface area contributed by atoms with Crippen molar-refractivity contribution in [2.75, 3.05) is 0 Å². The van der Waals surface area contributed by atoms with Crippen LogP contribution in [0.1, 0.15) is 31.2 Å². The average Bonchev–Trinajstić information content (AvgIpc) is 2.99. The van der Waals surface area contributed by atoms with Crippen molar-refractivity contribution >= 4 is 11.2 Å². The number of rotatable bonds is 2. The molecule has 1 unspecified atom stereocenters. The second kappa shape index (κ2) is 3.04. The molecule has 4 nitrogen and oxygen atoms in total. The van der Waals surface area contributed by atoms with Crippen LogP contribution in [-0.4, -0.2) is 15.0 Å². The van der Waals surface area contributed by atoms with Gasteiger partial charge < -0.3 is 10.7 Å². The molecule has 84 valence electrons. The molecular weight excluding hydrogens is 200 g/mol. The second-order valence-electron chi connectivity index (χ2n) is 4.97. The van der Waals surface area contributed by atoms with E-state index in [4.69, 9.17) is 5.73 Å². The minimum absolute atomic E-state index is 0.340. The molecule has 1 aliphatic rings. The molecule has 0 saturated heterocycles. The van der Waals surface area contributed by atoms with E-state index in [0.29, 0.717) is 5.92 Å². The summed E-state index contributed by atoms with van der Waals surface area (Å²) in [5.41, 5.74) is 8.94. The molecule has 0 aliphatic heterocycles. The molecule has 1 fully saturated rings. The third-order valence-electron chi connectivity index (χ3n) is 3.54. The number of nitrogens with two attached hydrogens (primary N) is 1. The molecular formula is C12H16N4. The molecule has 2 heterocycles. The Hall–Kier alpha value is -1.42. The number of nitrogens with one attached hydrogen (secondary N) is 1. The van der Waals surface area contributed by atoms with Crippen molar-refractivity contribution < 1.29 is 0 Å². The van der Waals surface area contributed by atoms with E-state index in [1.54, 1.807) is 6.20 Å². The maximum Gasteiger partial charge on any atom is 0.178 e. The first-order valence-electron chi connectivity index (χ1n) is 5.69. The third-order valence-corrected chi connectivity index (χ3v) is 3.54. The monoisotopic (exact) mass is 216 g/mol. The Morgan fingerprint density at radius 1 is 1.50 bits per heavy atom. The molecule has 1 aliphatic carbocycles. The van der Waals surface area contributed by atoms with Crippen LogP contribution in [0.15, 0.2) is 12.3 Å². The van der Waals surface area contributed by atoms with Gasteiger partial charge in [-0.1, -0.05) is 0 Å². The molecule has 3 N–H and O–H groups in total. The highest BCUT2D eigenvalue weighted by molar-refractivity contribution is 5.74. The van der Waals surface area contributed by atoms with Crippen molar-refractivity contribution in [3.8, 4) is 0 Å². The summed E-state index contributed by atoms with van der Waals surface area (Å²) in [4.78, 5) is 12.1. The van der Waals surface area contributed by atoms with Gasteiger partial charge in [0.05, 0.1) is 11.1 Å². The van der Waals surface area contributed by atoms with E-state index in [1.807, 2.05) is 6.07 Å². The van der Waals surface area contributed by atoms with E-state index < -0.39 is 0 Å². The molecule has 0 spiro atoms. The second-order valence-corrected chi connectivity index (χ2v) is 4.97. The molecule has 0 aromatic carbocycles. The molecule has 0 bridgehead atoms. The normalized spacial score (nSPS) is 19.9. The lowest BCUT2D eigenvalue weighted by molar-refractivity contribution is 0.405. The molecule has 4 heteroatoms. The number of hydrogen-bond donors (Lipinski definition) is 2. The van der Waals surface area contributed by atoms with E-state index in [9.17, 15) is 0 Å². The summed E-state index contributed by atoms with van der Waals surface area (Å²) < 4.78 is 0. The minimum Gasteiger partial charge on any atom is -0.339 e. The number of fused-ring (bicyclic) bond motifs is 1. The van der Waals surface area contributed by atoms with Crippen molar-refractivity contribution in [3.63, 3.8) is 0 Å². The number of nitrogens with zero attached hydrogens (tertiary/aromatic N) is 2. The van der Waals surface area contributed by atoms with Gasteiger partial charge in [-0.25, -0.2) is 9.97 Å². The zero-order valence-corrected chi connectivity index (χ0v) is 9.62. The van der Waals surface area contributed by atoms with Crippen LogP contribution in [0, 0.1) is 12.8 Å². The Labute approximate surface area is 94.3 Å². The number of aromatic nitrogens is 3. The number of hydrogen-bond acceptors (Lipinski definition) is 3. The SMILES string of the molecule is Cc1ccnc2nc(C(C)(N)C3CC3)[nH]c12. The third kappa shape index (κ3) is 1.33. The first kappa shape index (κ1) is 9.78. The number of aryl methyl sites for hydroxylation is 1. The molecule has 0 radical (unpaired) electrons. The molecule has 1 saturated carbocycles. The maximum absolute atomic E-state index is 6.34. The Morgan fingerprint density at radius 3 is 2.88 bits per heavy atom. The number of aromatic amines is 1. The summed E-state index contributed by atoms with van der Waals surface area (Å²) in [5, 5.41) is 0. The predicted octanol–water partition coefficient (Wildman–Crippen LogP) is 1.85. The molecule has 2 aromatic heterocycles. The predicted molar refractivity (Wildman–Crippen MR) is 62.9 cm³/mol. The Bertz CT molecular complexity index is 537. The zero-order chi connectivity index (χ0) is 11.3. The lowest BCUT2D eigenvalue weighted by Crippen LogP contribution is -2.36. The van der Waals surface area contributed by atoms with Gasteiger partial charge >= 0.3 is 0 Å². The largest absolute Gasteiger partial charge is 0.339 e. The Balaban J connectivity index is 2.15. The topological polar surface area (TPSA) is 67.6 Å². The van der Waals surface area contributed by atoms with Crippen LogP contribution in [0.25, 0.3) is 11.2 Å². The van der Waals surface area contributed by atoms with Crippen molar-refractivity contribution in [2.24, 2.45) is 11.7 Å². The lowest BCUT2D eigenvalue weighted by atomic mass is 9.97. The highest BCUT2D eigenvalue weighted by atomic mass is 15.0. The zero-order valence-electron chi connectivity index (χ0n) is 9.62. The number of H-pyrrole nitrogens is 1. The van der Waals surface area contributed by atoms with E-state index in [0.717, 1.165) is 22.6 Å². The van der Waals surface area contributed by atoms with Crippen molar-refractivity contribution in [2.45, 2.75) is 32.2 Å². The lowest BCUT2D eigenvalue weighted by Gasteiger charge is -2.21. The van der Waals surface area contributed by atoms with Crippen LogP contribution < -0.4 is 5.73 Å². The van der Waals surface area contributed by atoms with Crippen LogP contribution in [-0.2, 0) is 5.54 Å². The molecule has 1 atom stereocenters. The van der Waals surface area contributed by atoms with Crippen LogP contribution in [0.5, 0.6) is 0 Å². The number of pyridine rings is 1. The highest BCUT2D eigenvalue weighted by Gasteiger charge is 2.41. The summed E-state index contributed by atoms with van der Waals surface area (Å²) >= 11 is 0. The van der Waals surface area contributed by atoms with Crippen LogP contribution in [0.3, 0.4) is 0 Å². The maximum atomic E-state index is 6.34. The summed E-state index contributed by atoms with van der Waals surface area (Å²) in [6, 6.07) is 1.98. The van der Waals surface area contributed by atoms with Crippen LogP contribution in [0.4, 0.5) is 0 Å². The highest BCUT2D eigenvalue weighted by Crippen LogP contribution is 2.43. The summed E-state index contributed by atoms with van der Waals surface area (Å²) in [6.45, 7) is 4.11. The Morgan fingerprint density at radius 2 is 2.25 bits per heavy atom. The standard InChI is InChI=1S/C12H16N4/c1-7-5-6-14-10-9(7)15-11(16-10)12(2,13)8-3-4-8/h5-6,8H,3-4,13H2,1-2H3,(H,14,15,16). The van der Waals surface area contributed by atoms with E-state index in [-0.39, 0.29) is 5.54 Å². The minimum atomic E-state index is -0.340. The first-order valence-corrected chi connectivity index (χ1v) is 5.69. The summed E-state index contributed by atoms with van der Waals surface area (Å²) in [6.07, 6.45) is 4.19. The van der Waals surface area contributed by atoms with Crippen molar-refractivity contribution in [3.05, 3.63) is 23.7 Å². The van der Waals surface area contributed by atoms with E-state index in [2.05, 4.69) is 28.8 Å². The van der Waals surface area contributed by atoms with Crippen molar-refractivity contribution in [1.82, 2.24) is 15.0 Å². The first-order chi connectivity index (χ1) is 7.59. The molecule has 16 heavy (non-hydrogen) atoms. The van der Waals surface area contributed by atoms with Gasteiger partial charge in [-0.2, -0.15) is 0 Å². The Kier molecular flexibility index (Phi) is 1.86. The fourth-order valence-corrected chi connectivity index (χ4v) is 2.17. The van der Waals surface area contributed by atoms with Gasteiger partial charge in [-0.3, -0.25) is 0 Å². The smallest absolute Gasteiger partial charge is 0.178 e. The van der Waals surface area contributed by atoms with Crippen LogP contribution >= 0.6 is 0 Å². The van der Waals surface area contributed by atoms with Gasteiger partial charge in [0, 0.05) is 6.20 Å². The van der Waals surface area contributed by atoms with Crippen molar-refractivity contribution in [1.29, 1.82) is 0 Å². The summed E-state index contributed by atoms with van der Waals surface area (Å²) in [7, 11) is 0. The average molecular weight is 216 g/mol. The van der Waals surface area contributed by atoms with Gasteiger partial charge in [-0.05, 0) is 44.2 Å². The van der Waals surface area contributed by atoms with Crippen LogP contribution in [0.2, 0.25) is 0 Å². The van der Waals surface area contributed by atoms with Gasteiger partial charge in [-0.15, -0.1) is 0 Å². The molecule has 0 amide bonds. The van der Waals surface area contributed by atoms with E-state index >= 15 is 0 Å². The van der Waals surface area contributed by atoms with Gasteiger partial charge in [0.1, 0.15) is 5.82 Å². The summed E-state index contributed by atoms with van der Waals surface area (Å²) in [5.74, 6) is 1.43. The van der Waals surface area contributed by atoms with Gasteiger partial charge in [0.2, 0.25) is 0 Å². The van der Waals surface area contributed by atoms with Gasteiger partial charge in [0.25, 0.3) is 0 Å². The quantitative estimate of drug-likeness (QED) is 0.805. The fraction of sp³-hybridized carbons (Fsp3) is 0.500. The van der Waals surface area contributed by atoms with Gasteiger partial charge in [0.15, 0.2) is 5.65 Å². The fourth-order valence-electron chi connectivity index (χ4n) is 2.17. The van der Waals surface area contributed by atoms with E-state index in [1.165, 1.54) is 12.8 Å². The number of imidazole rings is 1.